The van der Waals surface area contributed by atoms with Gasteiger partial charge in [0, 0.05) is 13.1 Å². The molecule has 0 saturated heterocycles. The molecule has 2 atom stereocenters. The summed E-state index contributed by atoms with van der Waals surface area (Å²) in [4.78, 5) is 11.4. The molecule has 1 aromatic carbocycles. The summed E-state index contributed by atoms with van der Waals surface area (Å²) in [6, 6.07) is 8.20. The van der Waals surface area contributed by atoms with Gasteiger partial charge in [-0.25, -0.2) is 9.89 Å². The van der Waals surface area contributed by atoms with Crippen LogP contribution in [0.3, 0.4) is 0 Å². The fraction of sp³-hybridized carbons (Fsp3) is 0.385. The van der Waals surface area contributed by atoms with Crippen molar-refractivity contribution in [2.45, 2.75) is 30.3 Å². The molecule has 5 nitrogen and oxygen atoms in total. The number of aromatic nitrogens is 3. The molecule has 0 aliphatic heterocycles. The third kappa shape index (κ3) is 3.08. The van der Waals surface area contributed by atoms with E-state index in [9.17, 15) is 4.79 Å². The number of nitrogens with zero attached hydrogens (tertiary/aromatic N) is 2. The molecule has 2 aromatic rings. The largest absolute Gasteiger partial charge is 0.343 e. The van der Waals surface area contributed by atoms with Gasteiger partial charge >= 0.3 is 5.69 Å². The summed E-state index contributed by atoms with van der Waals surface area (Å²) < 4.78 is 1.50. The minimum Gasteiger partial charge on any atom is -0.327 e. The number of hydrogen-bond donors (Lipinski definition) is 2. The van der Waals surface area contributed by atoms with Gasteiger partial charge in [0.25, 0.3) is 0 Å². The second kappa shape index (κ2) is 5.63. The summed E-state index contributed by atoms with van der Waals surface area (Å²) in [6.07, 6.45) is 0. The van der Waals surface area contributed by atoms with E-state index in [4.69, 9.17) is 5.73 Å². The first-order valence-corrected chi connectivity index (χ1v) is 6.97. The Balaban J connectivity index is 2.31. The number of hydrogen-bond acceptors (Lipinski definition) is 4. The monoisotopic (exact) mass is 278 g/mol. The van der Waals surface area contributed by atoms with Gasteiger partial charge in [-0.1, -0.05) is 41.6 Å². The van der Waals surface area contributed by atoms with Crippen molar-refractivity contribution in [3.63, 3.8) is 0 Å². The Morgan fingerprint density at radius 3 is 2.74 bits per heavy atom. The van der Waals surface area contributed by atoms with Crippen molar-refractivity contribution < 1.29 is 0 Å². The van der Waals surface area contributed by atoms with Crippen LogP contribution in [0.15, 0.2) is 34.2 Å². The molecule has 1 aromatic heterocycles. The Labute approximate surface area is 116 Å². The number of nitrogens with two attached hydrogens (primary N) is 1. The van der Waals surface area contributed by atoms with Crippen LogP contribution < -0.4 is 11.4 Å². The van der Waals surface area contributed by atoms with Gasteiger partial charge in [0.1, 0.15) is 0 Å². The second-order valence-corrected chi connectivity index (χ2v) is 5.79. The van der Waals surface area contributed by atoms with Crippen LogP contribution in [-0.2, 0) is 7.05 Å². The molecule has 3 N–H and O–H groups in total. The Morgan fingerprint density at radius 2 is 2.21 bits per heavy atom. The molecule has 0 radical (unpaired) electrons. The van der Waals surface area contributed by atoms with Gasteiger partial charge in [-0.15, -0.1) is 5.10 Å². The molecule has 0 fully saturated rings. The molecule has 1 heterocycles. The van der Waals surface area contributed by atoms with E-state index in [2.05, 4.69) is 35.3 Å². The van der Waals surface area contributed by atoms with E-state index in [0.29, 0.717) is 5.16 Å². The van der Waals surface area contributed by atoms with Crippen LogP contribution >= 0.6 is 11.8 Å². The topological polar surface area (TPSA) is 76.7 Å². The Bertz CT molecular complexity index is 617. The third-order valence-corrected chi connectivity index (χ3v) is 4.45. The number of rotatable bonds is 4. The second-order valence-electron chi connectivity index (χ2n) is 4.68. The molecule has 0 aliphatic rings. The summed E-state index contributed by atoms with van der Waals surface area (Å²) in [5, 5.41) is 7.17. The average Bonchev–Trinajstić information content (AvgIpc) is 2.67. The Morgan fingerprint density at radius 1 is 1.47 bits per heavy atom. The van der Waals surface area contributed by atoms with Gasteiger partial charge in [0.05, 0.1) is 5.25 Å². The van der Waals surface area contributed by atoms with Gasteiger partial charge in [-0.3, -0.25) is 4.57 Å². The maximum atomic E-state index is 11.4. The quantitative estimate of drug-likeness (QED) is 0.833. The first kappa shape index (κ1) is 13.9. The molecule has 0 aliphatic carbocycles. The van der Waals surface area contributed by atoms with Gasteiger partial charge in [-0.2, -0.15) is 0 Å². The van der Waals surface area contributed by atoms with E-state index >= 15 is 0 Å². The zero-order chi connectivity index (χ0) is 14.0. The first-order chi connectivity index (χ1) is 8.99. The fourth-order valence-corrected chi connectivity index (χ4v) is 2.94. The molecule has 0 spiro atoms. The highest BCUT2D eigenvalue weighted by Gasteiger charge is 2.20. The molecule has 0 bridgehead atoms. The predicted molar refractivity (Wildman–Crippen MR) is 77.3 cm³/mol. The molecule has 102 valence electrons. The summed E-state index contributed by atoms with van der Waals surface area (Å²) in [7, 11) is 1.70. The number of thioether (sulfide) groups is 1. The van der Waals surface area contributed by atoms with Crippen molar-refractivity contribution in [2.75, 3.05) is 0 Å². The number of H-pyrrole nitrogens is 1. The van der Waals surface area contributed by atoms with Crippen LogP contribution in [-0.4, -0.2) is 20.8 Å². The van der Waals surface area contributed by atoms with E-state index in [1.54, 1.807) is 7.05 Å². The van der Waals surface area contributed by atoms with Gasteiger partial charge in [0.2, 0.25) is 0 Å². The lowest BCUT2D eigenvalue weighted by Gasteiger charge is -2.20. The highest BCUT2D eigenvalue weighted by molar-refractivity contribution is 7.99. The maximum absolute atomic E-state index is 11.4. The van der Waals surface area contributed by atoms with Crippen LogP contribution in [0.4, 0.5) is 0 Å². The van der Waals surface area contributed by atoms with Crippen LogP contribution in [0.5, 0.6) is 0 Å². The minimum absolute atomic E-state index is 0.0430. The lowest BCUT2D eigenvalue weighted by Crippen LogP contribution is -2.23. The van der Waals surface area contributed by atoms with Gasteiger partial charge in [-0.05, 0) is 19.4 Å². The average molecular weight is 278 g/mol. The van der Waals surface area contributed by atoms with Crippen molar-refractivity contribution in [2.24, 2.45) is 12.8 Å². The van der Waals surface area contributed by atoms with Crippen molar-refractivity contribution >= 4 is 11.8 Å². The Kier molecular flexibility index (Phi) is 4.11. The molecular formula is C13H18N4OS. The van der Waals surface area contributed by atoms with E-state index in [1.165, 1.54) is 21.9 Å². The molecule has 6 heteroatoms. The third-order valence-electron chi connectivity index (χ3n) is 2.92. The van der Waals surface area contributed by atoms with Crippen molar-refractivity contribution in [3.8, 4) is 0 Å². The summed E-state index contributed by atoms with van der Waals surface area (Å²) in [5.41, 5.74) is 8.21. The summed E-state index contributed by atoms with van der Waals surface area (Å²) in [6.45, 7) is 4.02. The number of benzene rings is 1. The number of nitrogens with one attached hydrogen (secondary N) is 1. The summed E-state index contributed by atoms with van der Waals surface area (Å²) >= 11 is 1.50. The van der Waals surface area contributed by atoms with Crippen molar-refractivity contribution in [3.05, 3.63) is 45.9 Å². The van der Waals surface area contributed by atoms with E-state index < -0.39 is 0 Å². The predicted octanol–water partition coefficient (Wildman–Crippen LogP) is 1.60. The molecular weight excluding hydrogens is 260 g/mol. The summed E-state index contributed by atoms with van der Waals surface area (Å²) in [5.74, 6) is 0. The highest BCUT2D eigenvalue weighted by atomic mass is 32.2. The Hall–Kier alpha value is -1.53. The lowest BCUT2D eigenvalue weighted by molar-refractivity contribution is 0.706. The normalized spacial score (nSPS) is 14.3. The molecule has 0 amide bonds. The zero-order valence-corrected chi connectivity index (χ0v) is 12.1. The molecule has 2 rings (SSSR count). The molecule has 0 saturated carbocycles. The van der Waals surface area contributed by atoms with Crippen LogP contribution in [0.2, 0.25) is 0 Å². The SMILES string of the molecule is Cc1cccc(C(Sc2n[nH]c(=O)n2C)C(C)N)c1. The minimum atomic E-state index is -0.213. The lowest BCUT2D eigenvalue weighted by atomic mass is 10.0. The van der Waals surface area contributed by atoms with Gasteiger partial charge < -0.3 is 5.73 Å². The zero-order valence-electron chi connectivity index (χ0n) is 11.3. The van der Waals surface area contributed by atoms with Crippen molar-refractivity contribution in [1.82, 2.24) is 14.8 Å². The van der Waals surface area contributed by atoms with Crippen LogP contribution in [0.1, 0.15) is 23.3 Å². The molecule has 2 unspecified atom stereocenters. The maximum Gasteiger partial charge on any atom is 0.343 e. The first-order valence-electron chi connectivity index (χ1n) is 6.09. The van der Waals surface area contributed by atoms with Gasteiger partial charge in [0.15, 0.2) is 5.16 Å². The fourth-order valence-electron chi connectivity index (χ4n) is 1.88. The number of aryl methyl sites for hydroxylation is 1. The smallest absolute Gasteiger partial charge is 0.327 e. The van der Waals surface area contributed by atoms with E-state index in [1.807, 2.05) is 13.0 Å². The van der Waals surface area contributed by atoms with Crippen molar-refractivity contribution in [1.29, 1.82) is 0 Å². The van der Waals surface area contributed by atoms with Crippen LogP contribution in [0, 0.1) is 6.92 Å². The highest BCUT2D eigenvalue weighted by Crippen LogP contribution is 2.35. The van der Waals surface area contributed by atoms with E-state index in [-0.39, 0.29) is 17.0 Å². The van der Waals surface area contributed by atoms with E-state index in [0.717, 1.165) is 5.56 Å². The number of aromatic amines is 1. The standard InChI is InChI=1S/C13H18N4OS/c1-8-5-4-6-10(7-8)11(9(2)14)19-13-16-15-12(18)17(13)3/h4-7,9,11H,14H2,1-3H3,(H,15,18). The molecule has 19 heavy (non-hydrogen) atoms. The van der Waals surface area contributed by atoms with Crippen LogP contribution in [0.25, 0.3) is 0 Å².